The topological polar surface area (TPSA) is 63.1 Å². The molecule has 5 rings (SSSR count). The van der Waals surface area contributed by atoms with Gasteiger partial charge in [-0.3, -0.25) is 4.79 Å². The number of halogens is 1. The predicted octanol–water partition coefficient (Wildman–Crippen LogP) is 1.96. The highest BCUT2D eigenvalue weighted by Gasteiger charge is 2.54. The van der Waals surface area contributed by atoms with Crippen LogP contribution in [-0.2, 0) is 23.3 Å². The van der Waals surface area contributed by atoms with Crippen LogP contribution in [0.3, 0.4) is 0 Å². The number of rotatable bonds is 3. The molecule has 3 heterocycles. The monoisotopic (exact) mass is 369 g/mol. The van der Waals surface area contributed by atoms with E-state index >= 15 is 0 Å². The number of aromatic nitrogens is 3. The molecule has 1 aromatic heterocycles. The third-order valence-corrected chi connectivity index (χ3v) is 6.35. The smallest absolute Gasteiger partial charge is 0.233 e. The summed E-state index contributed by atoms with van der Waals surface area (Å²) in [5.41, 5.74) is -0.0612. The molecular formula is C20H24FN5O. The van der Waals surface area contributed by atoms with Gasteiger partial charge < -0.3 is 14.8 Å². The Labute approximate surface area is 157 Å². The lowest BCUT2D eigenvalue weighted by Crippen LogP contribution is -2.44. The van der Waals surface area contributed by atoms with Crippen LogP contribution in [0.25, 0.3) is 0 Å². The van der Waals surface area contributed by atoms with Crippen molar-refractivity contribution in [2.45, 2.75) is 50.1 Å². The maximum absolute atomic E-state index is 14.3. The lowest BCUT2D eigenvalue weighted by Gasteiger charge is -2.34. The number of amides is 1. The van der Waals surface area contributed by atoms with Gasteiger partial charge in [0.05, 0.1) is 12.0 Å². The summed E-state index contributed by atoms with van der Waals surface area (Å²) in [4.78, 5) is 15.1. The van der Waals surface area contributed by atoms with Crippen molar-refractivity contribution >= 4 is 5.91 Å². The number of nitrogens with one attached hydrogen (secondary N) is 1. The summed E-state index contributed by atoms with van der Waals surface area (Å²) in [5.74, 6) is 2.25. The van der Waals surface area contributed by atoms with E-state index in [1.807, 2.05) is 11.0 Å². The van der Waals surface area contributed by atoms with Crippen molar-refractivity contribution in [2.75, 3.05) is 19.6 Å². The Morgan fingerprint density at radius 2 is 1.93 bits per heavy atom. The van der Waals surface area contributed by atoms with E-state index in [1.165, 1.54) is 6.07 Å². The van der Waals surface area contributed by atoms with Gasteiger partial charge in [0.15, 0.2) is 0 Å². The highest BCUT2D eigenvalue weighted by atomic mass is 19.1. The van der Waals surface area contributed by atoms with E-state index in [2.05, 4.69) is 20.1 Å². The average Bonchev–Trinajstić information content (AvgIpc) is 3.40. The van der Waals surface area contributed by atoms with Crippen LogP contribution in [0, 0.1) is 5.82 Å². The fourth-order valence-electron chi connectivity index (χ4n) is 4.63. The number of carbonyl (C=O) groups excluding carboxylic acids is 1. The van der Waals surface area contributed by atoms with Crippen molar-refractivity contribution in [1.82, 2.24) is 25.0 Å². The second-order valence-corrected chi connectivity index (χ2v) is 7.93. The van der Waals surface area contributed by atoms with E-state index in [4.69, 9.17) is 0 Å². The number of likely N-dealkylation sites (tertiary alicyclic amines) is 1. The van der Waals surface area contributed by atoms with Gasteiger partial charge in [-0.2, -0.15) is 0 Å². The summed E-state index contributed by atoms with van der Waals surface area (Å²) in [6.07, 6.45) is 3.28. The largest absolute Gasteiger partial charge is 0.342 e. The minimum Gasteiger partial charge on any atom is -0.342 e. The first-order chi connectivity index (χ1) is 13.2. The Morgan fingerprint density at radius 3 is 2.67 bits per heavy atom. The molecule has 1 aliphatic carbocycles. The van der Waals surface area contributed by atoms with E-state index in [1.54, 1.807) is 12.1 Å². The summed E-state index contributed by atoms with van der Waals surface area (Å²) in [6, 6.07) is 6.72. The van der Waals surface area contributed by atoms with Crippen LogP contribution < -0.4 is 5.32 Å². The summed E-state index contributed by atoms with van der Waals surface area (Å²) < 4.78 is 16.5. The van der Waals surface area contributed by atoms with Gasteiger partial charge in [-0.1, -0.05) is 18.2 Å². The number of fused-ring (bicyclic) bond motifs is 1. The van der Waals surface area contributed by atoms with Gasteiger partial charge in [0.1, 0.15) is 17.5 Å². The Kier molecular flexibility index (Phi) is 4.00. The molecule has 0 radical (unpaired) electrons. The first-order valence-corrected chi connectivity index (χ1v) is 9.86. The van der Waals surface area contributed by atoms with Gasteiger partial charge in [-0.15, -0.1) is 10.2 Å². The molecule has 142 valence electrons. The molecule has 6 nitrogen and oxygen atoms in total. The number of carbonyl (C=O) groups is 1. The summed E-state index contributed by atoms with van der Waals surface area (Å²) in [5, 5.41) is 12.1. The number of piperidine rings is 1. The zero-order valence-corrected chi connectivity index (χ0v) is 15.3. The molecule has 1 aromatic carbocycles. The van der Waals surface area contributed by atoms with Crippen LogP contribution in [0.4, 0.5) is 4.39 Å². The minimum atomic E-state index is -0.627. The minimum absolute atomic E-state index is 0.0959. The van der Waals surface area contributed by atoms with Crippen molar-refractivity contribution in [2.24, 2.45) is 0 Å². The van der Waals surface area contributed by atoms with Crippen molar-refractivity contribution in [3.05, 3.63) is 47.3 Å². The molecule has 1 N–H and O–H groups in total. The van der Waals surface area contributed by atoms with Gasteiger partial charge in [0, 0.05) is 37.7 Å². The molecule has 7 heteroatoms. The number of nitrogens with zero attached hydrogens (tertiary/aromatic N) is 4. The van der Waals surface area contributed by atoms with Gasteiger partial charge >= 0.3 is 0 Å². The third kappa shape index (κ3) is 2.76. The standard InChI is InChI=1S/C20H24FN5O/c21-16-4-2-1-3-15(16)20(7-8-20)19(27)25-10-5-14(6-11-25)18-24-23-17-13-22-9-12-26(17)18/h1-4,14,22H,5-13H2. The van der Waals surface area contributed by atoms with E-state index in [9.17, 15) is 9.18 Å². The lowest BCUT2D eigenvalue weighted by atomic mass is 9.90. The van der Waals surface area contributed by atoms with Crippen molar-refractivity contribution in [3.8, 4) is 0 Å². The van der Waals surface area contributed by atoms with Crippen LogP contribution in [0.1, 0.15) is 48.8 Å². The van der Waals surface area contributed by atoms with Crippen molar-refractivity contribution in [3.63, 3.8) is 0 Å². The Morgan fingerprint density at radius 1 is 1.15 bits per heavy atom. The Balaban J connectivity index is 1.29. The molecule has 1 amide bonds. The summed E-state index contributed by atoms with van der Waals surface area (Å²) in [7, 11) is 0. The molecule has 2 aromatic rings. The fraction of sp³-hybridized carbons (Fsp3) is 0.550. The molecule has 0 unspecified atom stereocenters. The second kappa shape index (κ2) is 6.41. The number of hydrogen-bond acceptors (Lipinski definition) is 4. The molecular weight excluding hydrogens is 345 g/mol. The fourth-order valence-corrected chi connectivity index (χ4v) is 4.63. The lowest BCUT2D eigenvalue weighted by molar-refractivity contribution is -0.135. The molecule has 3 aliphatic rings. The van der Waals surface area contributed by atoms with Crippen LogP contribution in [0.15, 0.2) is 24.3 Å². The second-order valence-electron chi connectivity index (χ2n) is 7.93. The normalized spacial score (nSPS) is 21.7. The van der Waals surface area contributed by atoms with Crippen molar-refractivity contribution in [1.29, 1.82) is 0 Å². The molecule has 0 atom stereocenters. The molecule has 2 aliphatic heterocycles. The molecule has 0 spiro atoms. The van der Waals surface area contributed by atoms with E-state index < -0.39 is 5.41 Å². The van der Waals surface area contributed by atoms with Gasteiger partial charge in [-0.05, 0) is 31.7 Å². The SMILES string of the molecule is O=C(N1CCC(c2nnc3n2CCNC3)CC1)C1(c2ccccc2F)CC1. The highest BCUT2D eigenvalue weighted by Crippen LogP contribution is 2.51. The van der Waals surface area contributed by atoms with E-state index in [0.29, 0.717) is 24.6 Å². The van der Waals surface area contributed by atoms with Gasteiger partial charge in [-0.25, -0.2) is 4.39 Å². The molecule has 2 fully saturated rings. The zero-order chi connectivity index (χ0) is 18.4. The maximum atomic E-state index is 14.3. The third-order valence-electron chi connectivity index (χ3n) is 6.35. The molecule has 27 heavy (non-hydrogen) atoms. The van der Waals surface area contributed by atoms with Crippen LogP contribution in [0.5, 0.6) is 0 Å². The zero-order valence-electron chi connectivity index (χ0n) is 15.3. The number of benzene rings is 1. The maximum Gasteiger partial charge on any atom is 0.233 e. The first-order valence-electron chi connectivity index (χ1n) is 9.86. The van der Waals surface area contributed by atoms with Crippen LogP contribution in [0.2, 0.25) is 0 Å². The van der Waals surface area contributed by atoms with Crippen LogP contribution in [-0.4, -0.2) is 45.2 Å². The first kappa shape index (κ1) is 16.9. The molecule has 1 saturated carbocycles. The van der Waals surface area contributed by atoms with Crippen LogP contribution >= 0.6 is 0 Å². The Hall–Kier alpha value is -2.28. The average molecular weight is 369 g/mol. The quantitative estimate of drug-likeness (QED) is 0.898. The van der Waals surface area contributed by atoms with E-state index in [-0.39, 0.29) is 11.7 Å². The van der Waals surface area contributed by atoms with Gasteiger partial charge in [0.25, 0.3) is 0 Å². The predicted molar refractivity (Wildman–Crippen MR) is 97.6 cm³/mol. The van der Waals surface area contributed by atoms with Gasteiger partial charge in [0.2, 0.25) is 5.91 Å². The number of hydrogen-bond donors (Lipinski definition) is 1. The Bertz CT molecular complexity index is 867. The molecule has 0 bridgehead atoms. The van der Waals surface area contributed by atoms with E-state index in [0.717, 1.165) is 57.0 Å². The molecule has 1 saturated heterocycles. The summed E-state index contributed by atoms with van der Waals surface area (Å²) in [6.45, 7) is 4.05. The highest BCUT2D eigenvalue weighted by molar-refractivity contribution is 5.91. The summed E-state index contributed by atoms with van der Waals surface area (Å²) >= 11 is 0. The van der Waals surface area contributed by atoms with Crippen molar-refractivity contribution < 1.29 is 9.18 Å².